The summed E-state index contributed by atoms with van der Waals surface area (Å²) in [6, 6.07) is 2.39. The maximum atomic E-state index is 13.4. The van der Waals surface area contributed by atoms with Gasteiger partial charge >= 0.3 is 0 Å². The molecule has 0 bridgehead atoms. The van der Waals surface area contributed by atoms with Crippen LogP contribution in [0.1, 0.15) is 25.7 Å². The predicted molar refractivity (Wildman–Crippen MR) is 84.0 cm³/mol. The Hall–Kier alpha value is -0.820. The molecular formula is C13H16BrFN2O2S. The Kier molecular flexibility index (Phi) is 4.90. The van der Waals surface area contributed by atoms with E-state index in [-0.39, 0.29) is 14.9 Å². The van der Waals surface area contributed by atoms with Gasteiger partial charge in [0.15, 0.2) is 0 Å². The quantitative estimate of drug-likeness (QED) is 0.614. The van der Waals surface area contributed by atoms with Gasteiger partial charge in [-0.1, -0.05) is 12.8 Å². The monoisotopic (exact) mass is 362 g/mol. The molecule has 0 radical (unpaired) electrons. The van der Waals surface area contributed by atoms with Crippen LogP contribution in [0.5, 0.6) is 0 Å². The summed E-state index contributed by atoms with van der Waals surface area (Å²) in [6.07, 6.45) is 6.67. The summed E-state index contributed by atoms with van der Waals surface area (Å²) in [6.45, 7) is 0.660. The van der Waals surface area contributed by atoms with Crippen molar-refractivity contribution in [1.29, 1.82) is 0 Å². The maximum Gasteiger partial charge on any atom is 0.295 e. The van der Waals surface area contributed by atoms with Crippen LogP contribution in [0.15, 0.2) is 16.6 Å². The average molecular weight is 363 g/mol. The van der Waals surface area contributed by atoms with Crippen molar-refractivity contribution >= 4 is 39.1 Å². The number of anilines is 1. The summed E-state index contributed by atoms with van der Waals surface area (Å²) in [7, 11) is 0. The van der Waals surface area contributed by atoms with Crippen molar-refractivity contribution in [3.8, 4) is 0 Å². The van der Waals surface area contributed by atoms with E-state index in [1.165, 1.54) is 18.9 Å². The first kappa shape index (κ1) is 15.6. The third kappa shape index (κ3) is 3.25. The highest BCUT2D eigenvalue weighted by Crippen LogP contribution is 2.41. The molecule has 0 aromatic heterocycles. The Morgan fingerprint density at radius 2 is 2.15 bits per heavy atom. The number of nitro groups is 1. The molecule has 2 rings (SSSR count). The highest BCUT2D eigenvalue weighted by molar-refractivity contribution is 9.10. The third-order valence-corrected chi connectivity index (χ3v) is 5.81. The molecule has 4 nitrogen and oxygen atoms in total. The smallest absolute Gasteiger partial charge is 0.295 e. The number of rotatable bonds is 5. The Bertz CT molecular complexity index is 521. The van der Waals surface area contributed by atoms with E-state index in [0.29, 0.717) is 12.2 Å². The molecule has 1 fully saturated rings. The van der Waals surface area contributed by atoms with Crippen LogP contribution < -0.4 is 5.32 Å². The lowest BCUT2D eigenvalue weighted by Crippen LogP contribution is -2.30. The molecule has 1 saturated carbocycles. The second-order valence-electron chi connectivity index (χ2n) is 4.99. The normalized spacial score (nSPS) is 17.1. The largest absolute Gasteiger partial charge is 0.378 e. The Balaban J connectivity index is 2.20. The van der Waals surface area contributed by atoms with Crippen molar-refractivity contribution in [2.24, 2.45) is 0 Å². The molecule has 0 heterocycles. The molecule has 7 heteroatoms. The van der Waals surface area contributed by atoms with Crippen LogP contribution in [-0.2, 0) is 0 Å². The van der Waals surface area contributed by atoms with Crippen LogP contribution in [0, 0.1) is 15.9 Å². The zero-order valence-electron chi connectivity index (χ0n) is 11.1. The highest BCUT2D eigenvalue weighted by Gasteiger charge is 2.33. The Morgan fingerprint density at radius 1 is 1.50 bits per heavy atom. The van der Waals surface area contributed by atoms with Crippen LogP contribution in [0.3, 0.4) is 0 Å². The molecule has 0 spiro atoms. The van der Waals surface area contributed by atoms with E-state index < -0.39 is 10.7 Å². The number of nitrogens with one attached hydrogen (secondary N) is 1. The second kappa shape index (κ2) is 6.30. The van der Waals surface area contributed by atoms with E-state index in [1.807, 2.05) is 0 Å². The van der Waals surface area contributed by atoms with Gasteiger partial charge in [0.25, 0.3) is 5.69 Å². The van der Waals surface area contributed by atoms with Crippen molar-refractivity contribution in [2.75, 3.05) is 18.1 Å². The highest BCUT2D eigenvalue weighted by atomic mass is 79.9. The fraction of sp³-hybridized carbons (Fsp3) is 0.538. The van der Waals surface area contributed by atoms with Gasteiger partial charge in [-0.25, -0.2) is 4.39 Å². The minimum atomic E-state index is -0.623. The number of thioether (sulfide) groups is 1. The van der Waals surface area contributed by atoms with E-state index in [2.05, 4.69) is 27.5 Å². The number of nitrogens with zero attached hydrogens (tertiary/aromatic N) is 1. The van der Waals surface area contributed by atoms with Crippen LogP contribution in [0.2, 0.25) is 0 Å². The van der Waals surface area contributed by atoms with Crippen molar-refractivity contribution < 1.29 is 9.31 Å². The molecule has 0 saturated heterocycles. The van der Waals surface area contributed by atoms with Gasteiger partial charge in [0, 0.05) is 11.3 Å². The third-order valence-electron chi connectivity index (χ3n) is 3.78. The first-order valence-electron chi connectivity index (χ1n) is 6.40. The lowest BCUT2D eigenvalue weighted by molar-refractivity contribution is -0.384. The van der Waals surface area contributed by atoms with Crippen molar-refractivity contribution in [3.63, 3.8) is 0 Å². The topological polar surface area (TPSA) is 55.2 Å². The maximum absolute atomic E-state index is 13.4. The van der Waals surface area contributed by atoms with Crippen LogP contribution in [0.4, 0.5) is 15.8 Å². The summed E-state index contributed by atoms with van der Waals surface area (Å²) >= 11 is 4.87. The van der Waals surface area contributed by atoms with Gasteiger partial charge in [0.05, 0.1) is 15.5 Å². The molecule has 0 amide bonds. The van der Waals surface area contributed by atoms with E-state index in [9.17, 15) is 14.5 Å². The summed E-state index contributed by atoms with van der Waals surface area (Å²) in [4.78, 5) is 10.5. The molecule has 1 aromatic rings. The Morgan fingerprint density at radius 3 is 2.70 bits per heavy atom. The van der Waals surface area contributed by atoms with Gasteiger partial charge < -0.3 is 5.32 Å². The summed E-state index contributed by atoms with van der Waals surface area (Å²) in [5.74, 6) is -0.623. The molecule has 0 atom stereocenters. The summed E-state index contributed by atoms with van der Waals surface area (Å²) in [5.41, 5.74) is 0.142. The van der Waals surface area contributed by atoms with E-state index >= 15 is 0 Å². The van der Waals surface area contributed by atoms with Crippen LogP contribution in [0.25, 0.3) is 0 Å². The van der Waals surface area contributed by atoms with Gasteiger partial charge in [0.2, 0.25) is 0 Å². The molecule has 1 N–H and O–H groups in total. The van der Waals surface area contributed by atoms with Gasteiger partial charge in [-0.2, -0.15) is 11.8 Å². The minimum absolute atomic E-state index is 0.134. The van der Waals surface area contributed by atoms with E-state index in [0.717, 1.165) is 18.9 Å². The van der Waals surface area contributed by atoms with Gasteiger partial charge in [-0.05, 0) is 41.1 Å². The number of benzene rings is 1. The number of halogens is 2. The lowest BCUT2D eigenvalue weighted by atomic mass is 10.1. The standard InChI is InChI=1S/C13H16BrFN2O2S/c1-20-13(4-2-3-5-13)8-16-11-6-9(14)10(15)7-12(11)17(18)19/h6-7,16H,2-5,8H2,1H3. The molecule has 1 aromatic carbocycles. The summed E-state index contributed by atoms with van der Waals surface area (Å²) < 4.78 is 13.8. The first-order valence-corrected chi connectivity index (χ1v) is 8.42. The number of hydrogen-bond acceptors (Lipinski definition) is 4. The fourth-order valence-electron chi connectivity index (χ4n) is 2.56. The zero-order chi connectivity index (χ0) is 14.8. The molecule has 0 unspecified atom stereocenters. The Labute approximate surface area is 129 Å². The minimum Gasteiger partial charge on any atom is -0.378 e. The average Bonchev–Trinajstić information content (AvgIpc) is 2.89. The van der Waals surface area contributed by atoms with Crippen molar-refractivity contribution in [2.45, 2.75) is 30.4 Å². The number of nitro benzene ring substituents is 1. The zero-order valence-corrected chi connectivity index (χ0v) is 13.5. The molecule has 1 aliphatic carbocycles. The van der Waals surface area contributed by atoms with Gasteiger partial charge in [-0.3, -0.25) is 10.1 Å². The van der Waals surface area contributed by atoms with Crippen molar-refractivity contribution in [1.82, 2.24) is 0 Å². The first-order chi connectivity index (χ1) is 9.47. The van der Waals surface area contributed by atoms with Crippen molar-refractivity contribution in [3.05, 3.63) is 32.5 Å². The molecular weight excluding hydrogens is 347 g/mol. The number of hydrogen-bond donors (Lipinski definition) is 1. The molecule has 0 aliphatic heterocycles. The summed E-state index contributed by atoms with van der Waals surface area (Å²) in [5, 5.41) is 14.1. The molecule has 20 heavy (non-hydrogen) atoms. The van der Waals surface area contributed by atoms with Crippen LogP contribution >= 0.6 is 27.7 Å². The van der Waals surface area contributed by atoms with E-state index in [4.69, 9.17) is 0 Å². The fourth-order valence-corrected chi connectivity index (χ4v) is 3.81. The van der Waals surface area contributed by atoms with Gasteiger partial charge in [-0.15, -0.1) is 0 Å². The molecule has 110 valence electrons. The molecule has 1 aliphatic rings. The van der Waals surface area contributed by atoms with E-state index in [1.54, 1.807) is 11.8 Å². The van der Waals surface area contributed by atoms with Gasteiger partial charge in [0.1, 0.15) is 11.5 Å². The SMILES string of the molecule is CSC1(CNc2cc(Br)c(F)cc2[N+](=O)[O-])CCCC1. The lowest BCUT2D eigenvalue weighted by Gasteiger charge is -2.27. The van der Waals surface area contributed by atoms with Crippen LogP contribution in [-0.4, -0.2) is 22.5 Å². The predicted octanol–water partition coefficient (Wildman–Crippen LogP) is 4.58. The second-order valence-corrected chi connectivity index (χ2v) is 7.12.